The van der Waals surface area contributed by atoms with Gasteiger partial charge in [-0.25, -0.2) is 13.8 Å². The van der Waals surface area contributed by atoms with Crippen LogP contribution in [0.15, 0.2) is 47.8 Å². The van der Waals surface area contributed by atoms with E-state index < -0.39 is 23.4 Å². The maximum Gasteiger partial charge on any atom is 0.251 e. The maximum atomic E-state index is 13.2. The zero-order valence-corrected chi connectivity index (χ0v) is 16.2. The fourth-order valence-corrected chi connectivity index (χ4v) is 3.25. The molecule has 3 rings (SSSR count). The number of ether oxygens (including phenoxy) is 1. The lowest BCUT2D eigenvalue weighted by atomic mass is 10.1. The molecule has 6 nitrogen and oxygen atoms in total. The van der Waals surface area contributed by atoms with Crippen molar-refractivity contribution in [2.75, 3.05) is 18.5 Å². The van der Waals surface area contributed by atoms with E-state index in [-0.39, 0.29) is 12.1 Å². The first-order chi connectivity index (χ1) is 14.0. The number of hydrogen-bond acceptors (Lipinski definition) is 5. The Morgan fingerprint density at radius 3 is 2.59 bits per heavy atom. The molecule has 9 heteroatoms. The van der Waals surface area contributed by atoms with Crippen molar-refractivity contribution in [3.05, 3.63) is 65.0 Å². The largest absolute Gasteiger partial charge is 0.493 e. The van der Waals surface area contributed by atoms with Gasteiger partial charge in [-0.05, 0) is 31.2 Å². The number of halogens is 2. The Labute approximate surface area is 169 Å². The Kier molecular flexibility index (Phi) is 6.50. The van der Waals surface area contributed by atoms with Gasteiger partial charge in [-0.3, -0.25) is 9.59 Å². The molecule has 0 atom stereocenters. The first-order valence-corrected chi connectivity index (χ1v) is 9.56. The molecular weight excluding hydrogens is 400 g/mol. The number of para-hydroxylation sites is 1. The minimum atomic E-state index is -0.873. The van der Waals surface area contributed by atoms with Crippen molar-refractivity contribution in [2.45, 2.75) is 6.92 Å². The molecule has 29 heavy (non-hydrogen) atoms. The van der Waals surface area contributed by atoms with E-state index in [1.54, 1.807) is 5.38 Å². The molecule has 1 heterocycles. The lowest BCUT2D eigenvalue weighted by Crippen LogP contribution is -2.32. The number of rotatable bonds is 7. The summed E-state index contributed by atoms with van der Waals surface area (Å²) in [6.07, 6.45) is 0. The highest BCUT2D eigenvalue weighted by Gasteiger charge is 2.14. The molecule has 150 valence electrons. The van der Waals surface area contributed by atoms with Gasteiger partial charge in [0.25, 0.3) is 5.91 Å². The molecule has 1 aromatic heterocycles. The summed E-state index contributed by atoms with van der Waals surface area (Å²) in [4.78, 5) is 28.4. The molecule has 0 saturated carbocycles. The smallest absolute Gasteiger partial charge is 0.251 e. The van der Waals surface area contributed by atoms with Crippen LogP contribution in [0, 0.1) is 11.6 Å². The van der Waals surface area contributed by atoms with Crippen molar-refractivity contribution in [1.82, 2.24) is 10.3 Å². The maximum absolute atomic E-state index is 13.2. The first kappa shape index (κ1) is 20.4. The second-order valence-electron chi connectivity index (χ2n) is 5.86. The van der Waals surface area contributed by atoms with Gasteiger partial charge in [-0.1, -0.05) is 12.1 Å². The zero-order valence-electron chi connectivity index (χ0n) is 15.4. The van der Waals surface area contributed by atoms with E-state index in [9.17, 15) is 18.4 Å². The Bertz CT molecular complexity index is 1020. The van der Waals surface area contributed by atoms with Crippen LogP contribution in [-0.4, -0.2) is 29.9 Å². The van der Waals surface area contributed by atoms with Crippen LogP contribution in [0.5, 0.6) is 5.75 Å². The Hall–Kier alpha value is -3.33. The molecule has 0 aliphatic heterocycles. The SMILES string of the molecule is CCOc1ccccc1-c1csc(NC(=O)CNC(=O)c2cc(F)cc(F)c2)n1. The van der Waals surface area contributed by atoms with Crippen molar-refractivity contribution < 1.29 is 23.1 Å². The zero-order chi connectivity index (χ0) is 20.8. The molecular formula is C20H17F2N3O3S. The van der Waals surface area contributed by atoms with Gasteiger partial charge in [0.1, 0.15) is 17.4 Å². The molecule has 0 bridgehead atoms. The monoisotopic (exact) mass is 417 g/mol. The van der Waals surface area contributed by atoms with Crippen molar-refractivity contribution >= 4 is 28.3 Å². The van der Waals surface area contributed by atoms with E-state index in [2.05, 4.69) is 15.6 Å². The Balaban J connectivity index is 1.60. The predicted octanol–water partition coefficient (Wildman–Crippen LogP) is 3.86. The van der Waals surface area contributed by atoms with Crippen molar-refractivity contribution in [3.8, 4) is 17.0 Å². The summed E-state index contributed by atoms with van der Waals surface area (Å²) in [5.41, 5.74) is 1.24. The number of amides is 2. The molecule has 3 aromatic rings. The van der Waals surface area contributed by atoms with Gasteiger partial charge in [-0.15, -0.1) is 11.3 Å². The summed E-state index contributed by atoms with van der Waals surface area (Å²) >= 11 is 1.22. The molecule has 0 fully saturated rings. The number of aromatic nitrogens is 1. The standard InChI is InChI=1S/C20H17F2N3O3S/c1-2-28-17-6-4-3-5-15(17)16-11-29-20(24-16)25-18(26)10-23-19(27)12-7-13(21)9-14(22)8-12/h3-9,11H,2,10H2,1H3,(H,23,27)(H,24,25,26). The number of carbonyl (C=O) groups excluding carboxylic acids is 2. The number of thiazole rings is 1. The number of nitrogens with zero attached hydrogens (tertiary/aromatic N) is 1. The second-order valence-corrected chi connectivity index (χ2v) is 6.71. The van der Waals surface area contributed by atoms with Crippen molar-refractivity contribution in [3.63, 3.8) is 0 Å². The molecule has 0 unspecified atom stereocenters. The third-order valence-electron chi connectivity index (χ3n) is 3.75. The number of anilines is 1. The fraction of sp³-hybridized carbons (Fsp3) is 0.150. The number of carbonyl (C=O) groups is 2. The predicted molar refractivity (Wildman–Crippen MR) is 106 cm³/mol. The quantitative estimate of drug-likeness (QED) is 0.612. The number of hydrogen-bond donors (Lipinski definition) is 2. The number of benzene rings is 2. The summed E-state index contributed by atoms with van der Waals surface area (Å²) in [5.74, 6) is -2.34. The highest BCUT2D eigenvalue weighted by molar-refractivity contribution is 7.14. The van der Waals surface area contributed by atoms with E-state index in [1.807, 2.05) is 31.2 Å². The average Bonchev–Trinajstić information content (AvgIpc) is 3.14. The van der Waals surface area contributed by atoms with E-state index in [4.69, 9.17) is 4.74 Å². The van der Waals surface area contributed by atoms with Crippen molar-refractivity contribution in [2.24, 2.45) is 0 Å². The van der Waals surface area contributed by atoms with Gasteiger partial charge < -0.3 is 15.4 Å². The van der Waals surface area contributed by atoms with E-state index >= 15 is 0 Å². The van der Waals surface area contributed by atoms with Crippen LogP contribution < -0.4 is 15.4 Å². The molecule has 2 aromatic carbocycles. The summed E-state index contributed by atoms with van der Waals surface area (Å²) < 4.78 is 31.9. The van der Waals surface area contributed by atoms with Crippen LogP contribution in [0.1, 0.15) is 17.3 Å². The van der Waals surface area contributed by atoms with Crippen LogP contribution >= 0.6 is 11.3 Å². The fourth-order valence-electron chi connectivity index (χ4n) is 2.53. The Morgan fingerprint density at radius 2 is 1.86 bits per heavy atom. The van der Waals surface area contributed by atoms with E-state index in [1.165, 1.54) is 11.3 Å². The van der Waals surface area contributed by atoms with Crippen LogP contribution in [0.3, 0.4) is 0 Å². The molecule has 2 N–H and O–H groups in total. The van der Waals surface area contributed by atoms with Crippen molar-refractivity contribution in [1.29, 1.82) is 0 Å². The van der Waals surface area contributed by atoms with Crippen LogP contribution in [0.4, 0.5) is 13.9 Å². The highest BCUT2D eigenvalue weighted by atomic mass is 32.1. The van der Waals surface area contributed by atoms with Gasteiger partial charge >= 0.3 is 0 Å². The van der Waals surface area contributed by atoms with Gasteiger partial charge in [0.05, 0.1) is 18.8 Å². The third-order valence-corrected chi connectivity index (χ3v) is 4.51. The molecule has 0 aliphatic rings. The first-order valence-electron chi connectivity index (χ1n) is 8.68. The average molecular weight is 417 g/mol. The topological polar surface area (TPSA) is 80.3 Å². The summed E-state index contributed by atoms with van der Waals surface area (Å²) in [7, 11) is 0. The highest BCUT2D eigenvalue weighted by Crippen LogP contribution is 2.32. The summed E-state index contributed by atoms with van der Waals surface area (Å²) in [6.45, 7) is 2.02. The lowest BCUT2D eigenvalue weighted by molar-refractivity contribution is -0.115. The van der Waals surface area contributed by atoms with Gasteiger partial charge in [-0.2, -0.15) is 0 Å². The third kappa shape index (κ3) is 5.35. The molecule has 0 radical (unpaired) electrons. The molecule has 0 spiro atoms. The lowest BCUT2D eigenvalue weighted by Gasteiger charge is -2.07. The van der Waals surface area contributed by atoms with Crippen LogP contribution in [0.25, 0.3) is 11.3 Å². The Morgan fingerprint density at radius 1 is 1.14 bits per heavy atom. The second kappa shape index (κ2) is 9.24. The normalized spacial score (nSPS) is 10.4. The minimum absolute atomic E-state index is 0.209. The van der Waals surface area contributed by atoms with Gasteiger partial charge in [0, 0.05) is 22.6 Å². The number of nitrogens with one attached hydrogen (secondary N) is 2. The van der Waals surface area contributed by atoms with E-state index in [0.29, 0.717) is 29.2 Å². The van der Waals surface area contributed by atoms with Crippen LogP contribution in [0.2, 0.25) is 0 Å². The summed E-state index contributed by atoms with van der Waals surface area (Å²) in [6, 6.07) is 9.86. The molecule has 0 saturated heterocycles. The molecule has 0 aliphatic carbocycles. The van der Waals surface area contributed by atoms with Gasteiger partial charge in [0.15, 0.2) is 5.13 Å². The molecule has 2 amide bonds. The van der Waals surface area contributed by atoms with Crippen LogP contribution in [-0.2, 0) is 4.79 Å². The van der Waals surface area contributed by atoms with E-state index in [0.717, 1.165) is 17.7 Å². The van der Waals surface area contributed by atoms with Gasteiger partial charge in [0.2, 0.25) is 5.91 Å². The summed E-state index contributed by atoms with van der Waals surface area (Å²) in [5, 5.41) is 7.02. The minimum Gasteiger partial charge on any atom is -0.493 e.